The van der Waals surface area contributed by atoms with Gasteiger partial charge in [0.15, 0.2) is 5.58 Å². The minimum absolute atomic E-state index is 0.846. The highest BCUT2D eigenvalue weighted by Gasteiger charge is 2.19. The van der Waals surface area contributed by atoms with E-state index in [2.05, 4.69) is 174 Å². The van der Waals surface area contributed by atoms with Crippen molar-refractivity contribution < 1.29 is 4.42 Å². The third kappa shape index (κ3) is 4.11. The third-order valence-electron chi connectivity index (χ3n) is 9.60. The molecule has 0 aliphatic rings. The van der Waals surface area contributed by atoms with E-state index in [-0.39, 0.29) is 0 Å². The molecule has 0 bridgehead atoms. The summed E-state index contributed by atoms with van der Waals surface area (Å²) >= 11 is 0. The highest BCUT2D eigenvalue weighted by atomic mass is 16.3. The van der Waals surface area contributed by atoms with Crippen molar-refractivity contribution in [1.29, 1.82) is 0 Å². The Morgan fingerprint density at radius 2 is 1.10 bits per heavy atom. The lowest BCUT2D eigenvalue weighted by atomic mass is 9.98. The van der Waals surface area contributed by atoms with Gasteiger partial charge in [0.1, 0.15) is 5.58 Å². The standard InChI is InChI=1S/C45H28N2O/c1-3-12-29(13-4-1)31-23-25-42-38(26-31)34-17-8-10-20-41(34)47(42)43-21-11-18-36-35-24-22-32(27-44(35)48-45(36)43)40-28-37(30-14-5-2-6-15-30)33-16-7-9-19-39(33)46-40/h1-28H. The van der Waals surface area contributed by atoms with Crippen LogP contribution in [0.2, 0.25) is 0 Å². The lowest BCUT2D eigenvalue weighted by Gasteiger charge is -2.10. The molecule has 0 fully saturated rings. The van der Waals surface area contributed by atoms with Crippen LogP contribution in [0, 0.1) is 0 Å². The Hall–Kier alpha value is -6.45. The summed E-state index contributed by atoms with van der Waals surface area (Å²) in [5, 5.41) is 5.77. The molecule has 0 spiro atoms. The van der Waals surface area contributed by atoms with Crippen LogP contribution < -0.4 is 0 Å². The van der Waals surface area contributed by atoms with Gasteiger partial charge in [-0.1, -0.05) is 121 Å². The predicted molar refractivity (Wildman–Crippen MR) is 200 cm³/mol. The van der Waals surface area contributed by atoms with Crippen LogP contribution in [0.25, 0.3) is 93.8 Å². The van der Waals surface area contributed by atoms with Crippen LogP contribution >= 0.6 is 0 Å². The number of hydrogen-bond donors (Lipinski definition) is 0. The molecule has 0 radical (unpaired) electrons. The van der Waals surface area contributed by atoms with E-state index in [0.29, 0.717) is 0 Å². The van der Waals surface area contributed by atoms with Crippen LogP contribution in [0.3, 0.4) is 0 Å². The SMILES string of the molecule is c1ccc(-c2ccc3c(c2)c2ccccc2n3-c2cccc3c2oc2cc(-c4cc(-c5ccccc5)c5ccccc5n4)ccc23)cc1. The van der Waals surface area contributed by atoms with Gasteiger partial charge in [0.25, 0.3) is 0 Å². The number of aromatic nitrogens is 2. The van der Waals surface area contributed by atoms with E-state index >= 15 is 0 Å². The summed E-state index contributed by atoms with van der Waals surface area (Å²) in [6.45, 7) is 0. The first-order valence-electron chi connectivity index (χ1n) is 16.3. The molecule has 10 rings (SSSR count). The van der Waals surface area contributed by atoms with E-state index < -0.39 is 0 Å². The van der Waals surface area contributed by atoms with Crippen molar-refractivity contribution >= 4 is 54.6 Å². The van der Waals surface area contributed by atoms with Crippen LogP contribution in [0.15, 0.2) is 174 Å². The monoisotopic (exact) mass is 612 g/mol. The molecular weight excluding hydrogens is 585 g/mol. The van der Waals surface area contributed by atoms with Crippen molar-refractivity contribution in [2.24, 2.45) is 0 Å². The number of hydrogen-bond acceptors (Lipinski definition) is 2. The maximum absolute atomic E-state index is 6.81. The van der Waals surface area contributed by atoms with Gasteiger partial charge >= 0.3 is 0 Å². The van der Waals surface area contributed by atoms with Crippen LogP contribution in [0.4, 0.5) is 0 Å². The summed E-state index contributed by atoms with van der Waals surface area (Å²) in [5.74, 6) is 0. The number of nitrogens with zero attached hydrogens (tertiary/aromatic N) is 2. The zero-order valence-corrected chi connectivity index (χ0v) is 26.0. The lowest BCUT2D eigenvalue weighted by Crippen LogP contribution is -1.94. The highest BCUT2D eigenvalue weighted by molar-refractivity contribution is 6.13. The van der Waals surface area contributed by atoms with Gasteiger partial charge in [-0.2, -0.15) is 0 Å². The van der Waals surface area contributed by atoms with Gasteiger partial charge in [0, 0.05) is 32.5 Å². The molecule has 0 saturated carbocycles. The fraction of sp³-hybridized carbons (Fsp3) is 0. The van der Waals surface area contributed by atoms with Gasteiger partial charge in [0.05, 0.1) is 27.9 Å². The Morgan fingerprint density at radius 3 is 1.96 bits per heavy atom. The molecule has 3 aromatic heterocycles. The van der Waals surface area contributed by atoms with Crippen LogP contribution in [0.1, 0.15) is 0 Å². The molecule has 0 aliphatic heterocycles. The van der Waals surface area contributed by atoms with Gasteiger partial charge in [-0.05, 0) is 70.8 Å². The number of furan rings is 1. The molecule has 0 amide bonds. The second-order valence-corrected chi connectivity index (χ2v) is 12.4. The molecular formula is C45H28N2O. The molecule has 3 nitrogen and oxygen atoms in total. The first kappa shape index (κ1) is 26.7. The van der Waals surface area contributed by atoms with Crippen molar-refractivity contribution in [3.8, 4) is 39.2 Å². The number of pyridine rings is 1. The highest BCUT2D eigenvalue weighted by Crippen LogP contribution is 2.40. The maximum Gasteiger partial charge on any atom is 0.159 e. The van der Waals surface area contributed by atoms with Gasteiger partial charge in [-0.3, -0.25) is 0 Å². The first-order chi connectivity index (χ1) is 23.8. The van der Waals surface area contributed by atoms with E-state index in [9.17, 15) is 0 Å². The normalized spacial score (nSPS) is 11.8. The minimum atomic E-state index is 0.846. The fourth-order valence-corrected chi connectivity index (χ4v) is 7.34. The zero-order chi connectivity index (χ0) is 31.6. The van der Waals surface area contributed by atoms with Crippen LogP contribution in [-0.4, -0.2) is 9.55 Å². The number of fused-ring (bicyclic) bond motifs is 7. The molecule has 3 heteroatoms. The van der Waals surface area contributed by atoms with Crippen molar-refractivity contribution in [3.05, 3.63) is 170 Å². The number of benzene rings is 7. The lowest BCUT2D eigenvalue weighted by molar-refractivity contribution is 0.666. The average Bonchev–Trinajstić information content (AvgIpc) is 3.70. The van der Waals surface area contributed by atoms with E-state index in [1.807, 2.05) is 0 Å². The largest absolute Gasteiger partial charge is 0.454 e. The quantitative estimate of drug-likeness (QED) is 0.198. The molecule has 7 aromatic carbocycles. The zero-order valence-electron chi connectivity index (χ0n) is 26.0. The van der Waals surface area contributed by atoms with Crippen LogP contribution in [0.5, 0.6) is 0 Å². The Morgan fingerprint density at radius 1 is 0.417 bits per heavy atom. The summed E-state index contributed by atoms with van der Waals surface area (Å²) in [6, 6.07) is 60.1. The molecule has 0 aliphatic carbocycles. The molecule has 0 saturated heterocycles. The van der Waals surface area contributed by atoms with E-state index in [1.165, 1.54) is 33.0 Å². The van der Waals surface area contributed by atoms with Crippen molar-refractivity contribution in [2.45, 2.75) is 0 Å². The summed E-state index contributed by atoms with van der Waals surface area (Å²) in [5.41, 5.74) is 12.7. The Labute approximate surface area is 277 Å². The predicted octanol–water partition coefficient (Wildman–Crippen LogP) is 12.2. The molecule has 224 valence electrons. The number of para-hydroxylation sites is 3. The summed E-state index contributed by atoms with van der Waals surface area (Å²) < 4.78 is 9.16. The molecule has 3 heterocycles. The summed E-state index contributed by atoms with van der Waals surface area (Å²) in [7, 11) is 0. The molecule has 10 aromatic rings. The second kappa shape index (κ2) is 10.5. The third-order valence-corrected chi connectivity index (χ3v) is 9.60. The minimum Gasteiger partial charge on any atom is -0.454 e. The molecule has 0 unspecified atom stereocenters. The first-order valence-corrected chi connectivity index (χ1v) is 16.3. The van der Waals surface area contributed by atoms with Crippen molar-refractivity contribution in [3.63, 3.8) is 0 Å². The fourth-order valence-electron chi connectivity index (χ4n) is 7.34. The van der Waals surface area contributed by atoms with Crippen molar-refractivity contribution in [1.82, 2.24) is 9.55 Å². The average molecular weight is 613 g/mol. The Kier molecular flexibility index (Phi) is 5.87. The second-order valence-electron chi connectivity index (χ2n) is 12.4. The van der Waals surface area contributed by atoms with Gasteiger partial charge in [0.2, 0.25) is 0 Å². The van der Waals surface area contributed by atoms with Crippen LogP contribution in [-0.2, 0) is 0 Å². The molecule has 0 atom stereocenters. The smallest absolute Gasteiger partial charge is 0.159 e. The molecule has 48 heavy (non-hydrogen) atoms. The summed E-state index contributed by atoms with van der Waals surface area (Å²) in [4.78, 5) is 5.10. The topological polar surface area (TPSA) is 31.0 Å². The van der Waals surface area contributed by atoms with E-state index in [1.54, 1.807) is 0 Å². The van der Waals surface area contributed by atoms with Crippen molar-refractivity contribution in [2.75, 3.05) is 0 Å². The Balaban J connectivity index is 1.16. The maximum atomic E-state index is 6.81. The number of rotatable bonds is 4. The Bertz CT molecular complexity index is 2830. The molecule has 0 N–H and O–H groups in total. The van der Waals surface area contributed by atoms with Gasteiger partial charge in [-0.15, -0.1) is 0 Å². The summed E-state index contributed by atoms with van der Waals surface area (Å²) in [6.07, 6.45) is 0. The van der Waals surface area contributed by atoms with E-state index in [0.717, 1.165) is 60.8 Å². The van der Waals surface area contributed by atoms with Gasteiger partial charge in [-0.25, -0.2) is 4.98 Å². The van der Waals surface area contributed by atoms with Gasteiger partial charge < -0.3 is 8.98 Å². The van der Waals surface area contributed by atoms with E-state index in [4.69, 9.17) is 9.40 Å².